The highest BCUT2D eigenvalue weighted by Gasteiger charge is 2.30. The Morgan fingerprint density at radius 2 is 1.64 bits per heavy atom. The summed E-state index contributed by atoms with van der Waals surface area (Å²) >= 11 is 6.23. The van der Waals surface area contributed by atoms with Gasteiger partial charge < -0.3 is 15.0 Å². The fourth-order valence-corrected chi connectivity index (χ4v) is 4.05. The zero-order valence-electron chi connectivity index (χ0n) is 21.5. The molecule has 0 aliphatic carbocycles. The van der Waals surface area contributed by atoms with Crippen LogP contribution in [-0.2, 0) is 22.6 Å². The van der Waals surface area contributed by atoms with Gasteiger partial charge in [0.15, 0.2) is 6.61 Å². The molecule has 0 aromatic heterocycles. The molecule has 190 valence electrons. The highest BCUT2D eigenvalue weighted by atomic mass is 35.5. The molecule has 0 aliphatic heterocycles. The molecule has 3 aromatic carbocycles. The molecule has 0 saturated carbocycles. The molecule has 36 heavy (non-hydrogen) atoms. The third-order valence-corrected chi connectivity index (χ3v) is 6.27. The van der Waals surface area contributed by atoms with E-state index in [-0.39, 0.29) is 30.9 Å². The van der Waals surface area contributed by atoms with Crippen molar-refractivity contribution >= 4 is 23.4 Å². The summed E-state index contributed by atoms with van der Waals surface area (Å²) in [6.07, 6.45) is 0.390. The van der Waals surface area contributed by atoms with Gasteiger partial charge in [-0.2, -0.15) is 0 Å². The van der Waals surface area contributed by atoms with Crippen LogP contribution in [0, 0.1) is 19.8 Å². The number of nitrogens with one attached hydrogen (secondary N) is 1. The molecule has 0 heterocycles. The predicted octanol–water partition coefficient (Wildman–Crippen LogP) is 5.75. The molecule has 0 spiro atoms. The standard InChI is InChI=1S/C30H35ClN2O3/c1-21(2)18-32-30(35)28(17-24-9-6-5-7-10-24)33(19-25-11-8-12-26(31)16-25)29(34)20-36-27-14-13-22(3)23(4)15-27/h5-16,21,28H,17-20H2,1-4H3,(H,32,35)/t28-/m0/s1. The monoisotopic (exact) mass is 506 g/mol. The number of carbonyl (C=O) groups is 2. The second-order valence-corrected chi connectivity index (χ2v) is 9.97. The molecule has 3 aromatic rings. The summed E-state index contributed by atoms with van der Waals surface area (Å²) in [6, 6.07) is 22.1. The summed E-state index contributed by atoms with van der Waals surface area (Å²) in [5.41, 5.74) is 4.06. The van der Waals surface area contributed by atoms with Gasteiger partial charge in [-0.05, 0) is 66.3 Å². The second kappa shape index (κ2) is 13.1. The summed E-state index contributed by atoms with van der Waals surface area (Å²) in [5, 5.41) is 3.60. The summed E-state index contributed by atoms with van der Waals surface area (Å²) < 4.78 is 5.88. The number of hydrogen-bond acceptors (Lipinski definition) is 3. The molecule has 2 amide bonds. The average molecular weight is 507 g/mol. The van der Waals surface area contributed by atoms with Gasteiger partial charge in [0.1, 0.15) is 11.8 Å². The molecule has 0 fully saturated rings. The van der Waals surface area contributed by atoms with Gasteiger partial charge >= 0.3 is 0 Å². The quantitative estimate of drug-likeness (QED) is 0.360. The molecular formula is C30H35ClN2O3. The fourth-order valence-electron chi connectivity index (χ4n) is 3.84. The lowest BCUT2D eigenvalue weighted by molar-refractivity contribution is -0.142. The Morgan fingerprint density at radius 3 is 2.31 bits per heavy atom. The van der Waals surface area contributed by atoms with E-state index in [1.54, 1.807) is 11.0 Å². The van der Waals surface area contributed by atoms with Crippen LogP contribution in [0.25, 0.3) is 0 Å². The van der Waals surface area contributed by atoms with Gasteiger partial charge in [-0.15, -0.1) is 0 Å². The molecule has 0 saturated heterocycles. The van der Waals surface area contributed by atoms with Crippen molar-refractivity contribution < 1.29 is 14.3 Å². The van der Waals surface area contributed by atoms with E-state index in [2.05, 4.69) is 5.32 Å². The van der Waals surface area contributed by atoms with Crippen LogP contribution in [0.5, 0.6) is 5.75 Å². The van der Waals surface area contributed by atoms with E-state index < -0.39 is 6.04 Å². The van der Waals surface area contributed by atoms with Gasteiger partial charge in [-0.1, -0.05) is 74.0 Å². The number of aryl methyl sites for hydroxylation is 2. The van der Waals surface area contributed by atoms with E-state index in [9.17, 15) is 9.59 Å². The van der Waals surface area contributed by atoms with Crippen LogP contribution >= 0.6 is 11.6 Å². The van der Waals surface area contributed by atoms with Crippen LogP contribution in [0.1, 0.15) is 36.1 Å². The molecule has 1 N–H and O–H groups in total. The normalized spacial score (nSPS) is 11.7. The molecule has 6 heteroatoms. The summed E-state index contributed by atoms with van der Waals surface area (Å²) in [5.74, 6) is 0.456. The van der Waals surface area contributed by atoms with Crippen molar-refractivity contribution in [3.8, 4) is 5.75 Å². The molecule has 0 aliphatic rings. The maximum absolute atomic E-state index is 13.6. The minimum Gasteiger partial charge on any atom is -0.484 e. The summed E-state index contributed by atoms with van der Waals surface area (Å²) in [7, 11) is 0. The molecule has 0 bridgehead atoms. The SMILES string of the molecule is Cc1ccc(OCC(=O)N(Cc2cccc(Cl)c2)[C@@H](Cc2ccccc2)C(=O)NCC(C)C)cc1C. The number of hydrogen-bond donors (Lipinski definition) is 1. The lowest BCUT2D eigenvalue weighted by Crippen LogP contribution is -2.52. The number of rotatable bonds is 11. The van der Waals surface area contributed by atoms with Crippen molar-refractivity contribution in [3.63, 3.8) is 0 Å². The lowest BCUT2D eigenvalue weighted by Gasteiger charge is -2.31. The molecule has 3 rings (SSSR count). The maximum atomic E-state index is 13.6. The van der Waals surface area contributed by atoms with E-state index >= 15 is 0 Å². The van der Waals surface area contributed by atoms with E-state index in [0.717, 1.165) is 22.3 Å². The first-order valence-electron chi connectivity index (χ1n) is 12.3. The first-order valence-corrected chi connectivity index (χ1v) is 12.7. The predicted molar refractivity (Wildman–Crippen MR) is 145 cm³/mol. The van der Waals surface area contributed by atoms with Gasteiger partial charge in [-0.3, -0.25) is 9.59 Å². The smallest absolute Gasteiger partial charge is 0.261 e. The highest BCUT2D eigenvalue weighted by Crippen LogP contribution is 2.20. The Bertz CT molecular complexity index is 1160. The Hall–Kier alpha value is -3.31. The summed E-state index contributed by atoms with van der Waals surface area (Å²) in [4.78, 5) is 28.7. The number of ether oxygens (including phenoxy) is 1. The van der Waals surface area contributed by atoms with Gasteiger partial charge in [0.05, 0.1) is 0 Å². The van der Waals surface area contributed by atoms with E-state index in [4.69, 9.17) is 16.3 Å². The Balaban J connectivity index is 1.90. The lowest BCUT2D eigenvalue weighted by atomic mass is 10.0. The van der Waals surface area contributed by atoms with Crippen LogP contribution < -0.4 is 10.1 Å². The van der Waals surface area contributed by atoms with Crippen molar-refractivity contribution in [2.24, 2.45) is 5.92 Å². The fraction of sp³-hybridized carbons (Fsp3) is 0.333. The van der Waals surface area contributed by atoms with Gasteiger partial charge in [0, 0.05) is 24.5 Å². The van der Waals surface area contributed by atoms with Crippen LogP contribution in [-0.4, -0.2) is 35.9 Å². The first kappa shape index (κ1) is 27.3. The third-order valence-electron chi connectivity index (χ3n) is 6.04. The van der Waals surface area contributed by atoms with Crippen LogP contribution in [0.2, 0.25) is 5.02 Å². The van der Waals surface area contributed by atoms with Crippen molar-refractivity contribution in [1.82, 2.24) is 10.2 Å². The molecular weight excluding hydrogens is 472 g/mol. The Morgan fingerprint density at radius 1 is 0.917 bits per heavy atom. The van der Waals surface area contributed by atoms with Crippen LogP contribution in [0.15, 0.2) is 72.8 Å². The first-order chi connectivity index (χ1) is 17.2. The van der Waals surface area contributed by atoms with Crippen molar-refractivity contribution in [3.05, 3.63) is 100 Å². The van der Waals surface area contributed by atoms with Crippen LogP contribution in [0.4, 0.5) is 0 Å². The van der Waals surface area contributed by atoms with Crippen LogP contribution in [0.3, 0.4) is 0 Å². The topological polar surface area (TPSA) is 58.6 Å². The number of nitrogens with zero attached hydrogens (tertiary/aromatic N) is 1. The zero-order chi connectivity index (χ0) is 26.1. The van der Waals surface area contributed by atoms with Crippen molar-refractivity contribution in [2.75, 3.05) is 13.2 Å². The minimum absolute atomic E-state index is 0.175. The average Bonchev–Trinajstić information content (AvgIpc) is 2.86. The van der Waals surface area contributed by atoms with E-state index in [0.29, 0.717) is 23.7 Å². The highest BCUT2D eigenvalue weighted by molar-refractivity contribution is 6.30. The molecule has 5 nitrogen and oxygen atoms in total. The van der Waals surface area contributed by atoms with Crippen molar-refractivity contribution in [2.45, 2.75) is 46.7 Å². The van der Waals surface area contributed by atoms with Gasteiger partial charge in [0.2, 0.25) is 5.91 Å². The van der Waals surface area contributed by atoms with E-state index in [1.165, 1.54) is 0 Å². The van der Waals surface area contributed by atoms with Gasteiger partial charge in [0.25, 0.3) is 5.91 Å². The van der Waals surface area contributed by atoms with Crippen molar-refractivity contribution in [1.29, 1.82) is 0 Å². The molecule has 0 radical (unpaired) electrons. The third kappa shape index (κ3) is 8.13. The zero-order valence-corrected chi connectivity index (χ0v) is 22.2. The Kier molecular flexibility index (Phi) is 9.95. The largest absolute Gasteiger partial charge is 0.484 e. The number of carbonyl (C=O) groups excluding carboxylic acids is 2. The van der Waals surface area contributed by atoms with E-state index in [1.807, 2.05) is 94.4 Å². The maximum Gasteiger partial charge on any atom is 0.261 e. The number of amides is 2. The minimum atomic E-state index is -0.707. The molecule has 0 unspecified atom stereocenters. The van der Waals surface area contributed by atoms with Gasteiger partial charge in [-0.25, -0.2) is 0 Å². The summed E-state index contributed by atoms with van der Waals surface area (Å²) in [6.45, 7) is 8.71. The number of halogens is 1. The molecule has 1 atom stereocenters. The Labute approximate surface area is 219 Å². The second-order valence-electron chi connectivity index (χ2n) is 9.53. The number of benzene rings is 3.